The van der Waals surface area contributed by atoms with E-state index >= 15 is 0 Å². The molecule has 0 amide bonds. The van der Waals surface area contributed by atoms with Gasteiger partial charge in [-0.3, -0.25) is 0 Å². The number of rotatable bonds is 6. The van der Waals surface area contributed by atoms with Crippen molar-refractivity contribution in [3.8, 4) is 0 Å². The van der Waals surface area contributed by atoms with Crippen molar-refractivity contribution >= 4 is 11.1 Å². The highest BCUT2D eigenvalue weighted by Crippen LogP contribution is 2.25. The Morgan fingerprint density at radius 1 is 1.23 bits per heavy atom. The van der Waals surface area contributed by atoms with Crippen molar-refractivity contribution in [2.45, 2.75) is 53.9 Å². The molecular weight excluding hydrogens is 266 g/mol. The van der Waals surface area contributed by atoms with Crippen LogP contribution < -0.4 is 10.6 Å². The highest BCUT2D eigenvalue weighted by molar-refractivity contribution is 5.66. The van der Waals surface area contributed by atoms with Gasteiger partial charge < -0.3 is 4.57 Å². The lowest BCUT2D eigenvalue weighted by Crippen LogP contribution is -2.31. The van der Waals surface area contributed by atoms with Gasteiger partial charge in [0.25, 0.3) is 0 Å². The van der Waals surface area contributed by atoms with Gasteiger partial charge in [0.1, 0.15) is 0 Å². The van der Waals surface area contributed by atoms with E-state index in [4.69, 9.17) is 0 Å². The zero-order valence-corrected chi connectivity index (χ0v) is 15.2. The van der Waals surface area contributed by atoms with Crippen molar-refractivity contribution in [1.29, 1.82) is 0 Å². The van der Waals surface area contributed by atoms with Gasteiger partial charge >= 0.3 is 0 Å². The minimum atomic E-state index is 1.04. The maximum atomic E-state index is 4.29. The first kappa shape index (κ1) is 18.3. The topological polar surface area (TPSA) is 4.93 Å². The maximum absolute atomic E-state index is 4.29. The van der Waals surface area contributed by atoms with E-state index < -0.39 is 0 Å². The Labute approximate surface area is 136 Å². The Morgan fingerprint density at radius 3 is 2.36 bits per heavy atom. The fraction of sp³-hybridized carbons (Fsp3) is 0.429. The molecule has 22 heavy (non-hydrogen) atoms. The summed E-state index contributed by atoms with van der Waals surface area (Å²) in [7, 11) is 2.09. The number of allylic oxidation sites excluding steroid dienone is 4. The van der Waals surface area contributed by atoms with E-state index in [0.29, 0.717) is 0 Å². The number of hydrogen-bond donors (Lipinski definition) is 0. The van der Waals surface area contributed by atoms with Crippen LogP contribution >= 0.6 is 0 Å². The van der Waals surface area contributed by atoms with Crippen molar-refractivity contribution < 1.29 is 0 Å². The second-order valence-corrected chi connectivity index (χ2v) is 6.01. The predicted octanol–water partition coefficient (Wildman–Crippen LogP) is 4.64. The number of nitrogens with zero attached hydrogens (tertiary/aromatic N) is 1. The van der Waals surface area contributed by atoms with Crippen LogP contribution in [0.2, 0.25) is 0 Å². The van der Waals surface area contributed by atoms with E-state index in [-0.39, 0.29) is 0 Å². The van der Waals surface area contributed by atoms with Crippen molar-refractivity contribution in [3.05, 3.63) is 58.8 Å². The van der Waals surface area contributed by atoms with Gasteiger partial charge in [-0.05, 0) is 62.0 Å². The van der Waals surface area contributed by atoms with Crippen LogP contribution in [-0.2, 0) is 7.05 Å². The van der Waals surface area contributed by atoms with Crippen molar-refractivity contribution in [1.82, 2.24) is 4.57 Å². The lowest BCUT2D eigenvalue weighted by molar-refractivity contribution is 0.882. The third kappa shape index (κ3) is 3.71. The third-order valence-corrected chi connectivity index (χ3v) is 4.50. The van der Waals surface area contributed by atoms with Gasteiger partial charge in [-0.1, -0.05) is 45.1 Å². The average Bonchev–Trinajstić information content (AvgIpc) is 2.88. The summed E-state index contributed by atoms with van der Waals surface area (Å²) in [6, 6.07) is 2.21. The Kier molecular flexibility index (Phi) is 6.67. The van der Waals surface area contributed by atoms with Crippen LogP contribution in [0.25, 0.3) is 11.1 Å². The SMILES string of the molecule is C=C\C(C)=c1/c(=C(C)/C(C)=C(\CC)C(=C)CCC)ccn1C. The monoisotopic (exact) mass is 297 g/mol. The van der Waals surface area contributed by atoms with E-state index in [9.17, 15) is 0 Å². The van der Waals surface area contributed by atoms with Crippen LogP contribution in [0.5, 0.6) is 0 Å². The highest BCUT2D eigenvalue weighted by atomic mass is 14.9. The molecule has 1 aromatic rings. The Hall–Kier alpha value is -1.76. The molecule has 1 nitrogen and oxygen atoms in total. The van der Waals surface area contributed by atoms with Gasteiger partial charge in [0.2, 0.25) is 0 Å². The Bertz CT molecular complexity index is 708. The summed E-state index contributed by atoms with van der Waals surface area (Å²) < 4.78 is 2.18. The normalized spacial score (nSPS) is 15.2. The average molecular weight is 297 g/mol. The lowest BCUT2D eigenvalue weighted by atomic mass is 9.92. The lowest BCUT2D eigenvalue weighted by Gasteiger charge is -2.14. The molecule has 0 radical (unpaired) electrons. The van der Waals surface area contributed by atoms with Crippen LogP contribution in [-0.4, -0.2) is 4.57 Å². The first-order valence-corrected chi connectivity index (χ1v) is 8.22. The van der Waals surface area contributed by atoms with E-state index in [1.54, 1.807) is 0 Å². The van der Waals surface area contributed by atoms with Gasteiger partial charge in [-0.2, -0.15) is 0 Å². The summed E-state index contributed by atoms with van der Waals surface area (Å²) in [5, 5.41) is 2.55. The quantitative estimate of drug-likeness (QED) is 0.674. The molecule has 0 aliphatic carbocycles. The second-order valence-electron chi connectivity index (χ2n) is 6.01. The van der Waals surface area contributed by atoms with Crippen molar-refractivity contribution in [2.75, 3.05) is 0 Å². The fourth-order valence-electron chi connectivity index (χ4n) is 3.08. The number of hydrogen-bond acceptors (Lipinski definition) is 0. The minimum absolute atomic E-state index is 1.04. The molecule has 0 bridgehead atoms. The van der Waals surface area contributed by atoms with Crippen molar-refractivity contribution in [3.63, 3.8) is 0 Å². The molecule has 0 fully saturated rings. The molecule has 0 aliphatic rings. The largest absolute Gasteiger partial charge is 0.350 e. The smallest absolute Gasteiger partial charge is 0.0509 e. The van der Waals surface area contributed by atoms with Crippen molar-refractivity contribution in [2.24, 2.45) is 7.05 Å². The van der Waals surface area contributed by atoms with E-state index in [2.05, 4.69) is 71.7 Å². The van der Waals surface area contributed by atoms with E-state index in [1.807, 2.05) is 6.08 Å². The van der Waals surface area contributed by atoms with Crippen LogP contribution in [0.1, 0.15) is 53.9 Å². The molecule has 0 atom stereocenters. The summed E-state index contributed by atoms with van der Waals surface area (Å²) in [5.74, 6) is 0. The van der Waals surface area contributed by atoms with Crippen LogP contribution in [0.15, 0.2) is 48.2 Å². The van der Waals surface area contributed by atoms with E-state index in [1.165, 1.54) is 38.4 Å². The second kappa shape index (κ2) is 8.03. The summed E-state index contributed by atoms with van der Waals surface area (Å²) in [6.07, 6.45) is 7.32. The zero-order chi connectivity index (χ0) is 16.9. The molecule has 120 valence electrons. The van der Waals surface area contributed by atoms with Gasteiger partial charge in [0.15, 0.2) is 0 Å². The van der Waals surface area contributed by atoms with Gasteiger partial charge in [0, 0.05) is 18.5 Å². The molecule has 0 unspecified atom stereocenters. The number of aromatic nitrogens is 1. The number of aryl methyl sites for hydroxylation is 1. The van der Waals surface area contributed by atoms with Crippen LogP contribution in [0, 0.1) is 0 Å². The summed E-state index contributed by atoms with van der Waals surface area (Å²) in [6.45, 7) is 19.2. The predicted molar refractivity (Wildman–Crippen MR) is 100 cm³/mol. The van der Waals surface area contributed by atoms with Gasteiger partial charge in [-0.25, -0.2) is 0 Å². The molecule has 0 spiro atoms. The molecule has 1 rings (SSSR count). The minimum Gasteiger partial charge on any atom is -0.350 e. The zero-order valence-electron chi connectivity index (χ0n) is 15.2. The van der Waals surface area contributed by atoms with Gasteiger partial charge in [0.05, 0.1) is 5.35 Å². The molecule has 1 heteroatoms. The fourth-order valence-corrected chi connectivity index (χ4v) is 3.08. The van der Waals surface area contributed by atoms with Gasteiger partial charge in [-0.15, -0.1) is 0 Å². The summed E-state index contributed by atoms with van der Waals surface area (Å²) >= 11 is 0. The van der Waals surface area contributed by atoms with Crippen LogP contribution in [0.3, 0.4) is 0 Å². The molecule has 0 aromatic carbocycles. The van der Waals surface area contributed by atoms with E-state index in [0.717, 1.165) is 19.3 Å². The van der Waals surface area contributed by atoms with Crippen LogP contribution in [0.4, 0.5) is 0 Å². The summed E-state index contributed by atoms with van der Waals surface area (Å²) in [4.78, 5) is 0. The standard InChI is InChI=1S/C21H31N/c1-9-12-16(5)19(11-3)17(6)18(7)20-13-14-22(8)21(20)15(4)10-2/h10,13-14H,2,5,9,11-12H2,1,3-4,6-8H3/b19-17+,20-18+,21-15+. The molecule has 1 aromatic heterocycles. The highest BCUT2D eigenvalue weighted by Gasteiger charge is 2.08. The molecule has 0 saturated carbocycles. The maximum Gasteiger partial charge on any atom is 0.0509 e. The molecule has 1 heterocycles. The third-order valence-electron chi connectivity index (χ3n) is 4.50. The molecule has 0 aliphatic heterocycles. The first-order chi connectivity index (χ1) is 10.4. The molecular formula is C21H31N. The summed E-state index contributed by atoms with van der Waals surface area (Å²) in [5.41, 5.74) is 6.60. The molecule has 0 saturated heterocycles. The Balaban J connectivity index is 3.70. The first-order valence-electron chi connectivity index (χ1n) is 8.22. The Morgan fingerprint density at radius 2 is 1.86 bits per heavy atom. The molecule has 0 N–H and O–H groups in total.